The summed E-state index contributed by atoms with van der Waals surface area (Å²) < 4.78 is 3.85. The van der Waals surface area contributed by atoms with E-state index in [0.29, 0.717) is 5.75 Å². The van der Waals surface area contributed by atoms with E-state index < -0.39 is 0 Å². The first kappa shape index (κ1) is 14.9. The van der Waals surface area contributed by atoms with Gasteiger partial charge in [-0.2, -0.15) is 0 Å². The van der Waals surface area contributed by atoms with Crippen LogP contribution in [-0.2, 0) is 19.3 Å². The van der Waals surface area contributed by atoms with Crippen LogP contribution in [0.2, 0.25) is 0 Å². The first-order chi connectivity index (χ1) is 10.1. The van der Waals surface area contributed by atoms with Gasteiger partial charge in [-0.25, -0.2) is 0 Å². The molecule has 0 radical (unpaired) electrons. The molecule has 0 aliphatic heterocycles. The Hall–Kier alpha value is -1.06. The van der Waals surface area contributed by atoms with Crippen molar-refractivity contribution in [3.8, 4) is 5.75 Å². The standard InChI is InChI=1S/C18H19BrOS/c1-4-10-9-14-13-7-8-15(20)11(5-2)17(13)21-18(14)12(6-3)16(10)19/h7-9,20H,4-6H2,1-3H3. The smallest absolute Gasteiger partial charge is 0.120 e. The maximum Gasteiger partial charge on any atom is 0.120 e. The van der Waals surface area contributed by atoms with Crippen LogP contribution >= 0.6 is 27.3 Å². The minimum absolute atomic E-state index is 0.421. The van der Waals surface area contributed by atoms with Crippen molar-refractivity contribution >= 4 is 47.4 Å². The Morgan fingerprint density at radius 3 is 2.24 bits per heavy atom. The van der Waals surface area contributed by atoms with Gasteiger partial charge in [0.05, 0.1) is 0 Å². The zero-order valence-electron chi connectivity index (χ0n) is 12.6. The van der Waals surface area contributed by atoms with Gasteiger partial charge in [0.2, 0.25) is 0 Å². The van der Waals surface area contributed by atoms with Crippen molar-refractivity contribution in [1.29, 1.82) is 0 Å². The van der Waals surface area contributed by atoms with Crippen molar-refractivity contribution in [2.24, 2.45) is 0 Å². The number of benzene rings is 2. The fraction of sp³-hybridized carbons (Fsp3) is 0.333. The molecule has 0 aliphatic carbocycles. The summed E-state index contributed by atoms with van der Waals surface area (Å²) in [5.41, 5.74) is 3.84. The minimum Gasteiger partial charge on any atom is -0.508 e. The number of thiophene rings is 1. The van der Waals surface area contributed by atoms with E-state index in [1.165, 1.54) is 35.8 Å². The van der Waals surface area contributed by atoms with Gasteiger partial charge in [-0.05, 0) is 48.6 Å². The average molecular weight is 363 g/mol. The third-order valence-electron chi connectivity index (χ3n) is 4.20. The molecule has 110 valence electrons. The summed E-state index contributed by atoms with van der Waals surface area (Å²) in [6.07, 6.45) is 2.91. The van der Waals surface area contributed by atoms with Gasteiger partial charge in [-0.1, -0.05) is 36.7 Å². The molecule has 0 saturated heterocycles. The van der Waals surface area contributed by atoms with E-state index in [1.807, 2.05) is 17.4 Å². The lowest BCUT2D eigenvalue weighted by Crippen LogP contribution is -1.90. The molecule has 0 bridgehead atoms. The number of aromatic hydroxyl groups is 1. The summed E-state index contributed by atoms with van der Waals surface area (Å²) in [7, 11) is 0. The topological polar surface area (TPSA) is 20.2 Å². The van der Waals surface area contributed by atoms with Gasteiger partial charge >= 0.3 is 0 Å². The Balaban J connectivity index is 2.51. The third-order valence-corrected chi connectivity index (χ3v) is 6.53. The SMILES string of the molecule is CCc1cc2c(sc3c(CC)c(O)ccc32)c(CC)c1Br. The van der Waals surface area contributed by atoms with Crippen molar-refractivity contribution in [3.05, 3.63) is 39.4 Å². The molecule has 0 atom stereocenters. The molecular weight excluding hydrogens is 344 g/mol. The first-order valence-corrected chi connectivity index (χ1v) is 9.10. The van der Waals surface area contributed by atoms with Crippen molar-refractivity contribution in [2.75, 3.05) is 0 Å². The van der Waals surface area contributed by atoms with Crippen LogP contribution in [0.25, 0.3) is 20.2 Å². The Kier molecular flexibility index (Phi) is 3.98. The lowest BCUT2D eigenvalue weighted by Gasteiger charge is -2.09. The van der Waals surface area contributed by atoms with E-state index in [9.17, 15) is 5.11 Å². The van der Waals surface area contributed by atoms with Gasteiger partial charge < -0.3 is 5.11 Å². The maximum atomic E-state index is 10.1. The number of halogens is 1. The van der Waals surface area contributed by atoms with Crippen LogP contribution < -0.4 is 0 Å². The summed E-state index contributed by atoms with van der Waals surface area (Å²) in [6, 6.07) is 6.22. The summed E-state index contributed by atoms with van der Waals surface area (Å²) in [4.78, 5) is 0. The molecule has 1 heterocycles. The molecule has 1 N–H and O–H groups in total. The molecule has 1 nitrogen and oxygen atoms in total. The van der Waals surface area contributed by atoms with E-state index in [2.05, 4.69) is 48.8 Å². The fourth-order valence-electron chi connectivity index (χ4n) is 3.04. The van der Waals surface area contributed by atoms with Gasteiger partial charge in [-0.15, -0.1) is 11.3 Å². The molecule has 21 heavy (non-hydrogen) atoms. The highest BCUT2D eigenvalue weighted by Gasteiger charge is 2.16. The summed E-state index contributed by atoms with van der Waals surface area (Å²) >= 11 is 5.61. The second-order valence-corrected chi connectivity index (χ2v) is 7.12. The molecule has 2 aromatic carbocycles. The van der Waals surface area contributed by atoms with E-state index >= 15 is 0 Å². The predicted molar refractivity (Wildman–Crippen MR) is 96.8 cm³/mol. The van der Waals surface area contributed by atoms with Gasteiger partial charge in [-0.3, -0.25) is 0 Å². The minimum atomic E-state index is 0.421. The Morgan fingerprint density at radius 2 is 1.62 bits per heavy atom. The van der Waals surface area contributed by atoms with Gasteiger partial charge in [0, 0.05) is 30.2 Å². The normalized spacial score (nSPS) is 11.6. The Bertz CT molecular complexity index is 832. The third kappa shape index (κ3) is 2.18. The Labute approximate surface area is 137 Å². The molecular formula is C18H19BrOS. The van der Waals surface area contributed by atoms with E-state index in [4.69, 9.17) is 0 Å². The van der Waals surface area contributed by atoms with Crippen LogP contribution in [0.3, 0.4) is 0 Å². The van der Waals surface area contributed by atoms with Crippen LogP contribution in [-0.4, -0.2) is 5.11 Å². The van der Waals surface area contributed by atoms with E-state index in [-0.39, 0.29) is 0 Å². The molecule has 1 aromatic heterocycles. The second kappa shape index (κ2) is 5.62. The molecule has 0 aliphatic rings. The molecule has 3 heteroatoms. The van der Waals surface area contributed by atoms with Gasteiger partial charge in [0.15, 0.2) is 0 Å². The molecule has 3 rings (SSSR count). The molecule has 3 aromatic rings. The maximum absolute atomic E-state index is 10.1. The zero-order chi connectivity index (χ0) is 15.1. The van der Waals surface area contributed by atoms with Crippen LogP contribution in [0.15, 0.2) is 22.7 Å². The van der Waals surface area contributed by atoms with Crippen LogP contribution in [0.4, 0.5) is 0 Å². The van der Waals surface area contributed by atoms with Crippen molar-refractivity contribution < 1.29 is 5.11 Å². The van der Waals surface area contributed by atoms with Crippen LogP contribution in [0.1, 0.15) is 37.5 Å². The fourth-order valence-corrected chi connectivity index (χ4v) is 5.56. The molecule has 0 fully saturated rings. The lowest BCUT2D eigenvalue weighted by atomic mass is 10.0. The molecule has 0 amide bonds. The van der Waals surface area contributed by atoms with E-state index in [0.717, 1.165) is 24.8 Å². The summed E-state index contributed by atoms with van der Waals surface area (Å²) in [5.74, 6) is 0.421. The van der Waals surface area contributed by atoms with Crippen molar-refractivity contribution in [3.63, 3.8) is 0 Å². The van der Waals surface area contributed by atoms with Crippen LogP contribution in [0.5, 0.6) is 5.75 Å². The average Bonchev–Trinajstić information content (AvgIpc) is 2.84. The number of fused-ring (bicyclic) bond motifs is 3. The van der Waals surface area contributed by atoms with Gasteiger partial charge in [0.1, 0.15) is 5.75 Å². The van der Waals surface area contributed by atoms with Crippen LogP contribution in [0, 0.1) is 0 Å². The van der Waals surface area contributed by atoms with Crippen molar-refractivity contribution in [2.45, 2.75) is 40.0 Å². The Morgan fingerprint density at radius 1 is 0.952 bits per heavy atom. The predicted octanol–water partition coefficient (Wildman–Crippen LogP) is 6.21. The van der Waals surface area contributed by atoms with E-state index in [1.54, 1.807) is 0 Å². The number of hydrogen-bond donors (Lipinski definition) is 1. The molecule has 0 unspecified atom stereocenters. The lowest BCUT2D eigenvalue weighted by molar-refractivity contribution is 0.470. The number of rotatable bonds is 3. The largest absolute Gasteiger partial charge is 0.508 e. The monoisotopic (exact) mass is 362 g/mol. The molecule has 0 spiro atoms. The quantitative estimate of drug-likeness (QED) is 0.587. The highest BCUT2D eigenvalue weighted by atomic mass is 79.9. The second-order valence-electron chi connectivity index (χ2n) is 5.31. The number of aryl methyl sites for hydroxylation is 3. The first-order valence-electron chi connectivity index (χ1n) is 7.49. The summed E-state index contributed by atoms with van der Waals surface area (Å²) in [6.45, 7) is 6.51. The number of phenols is 1. The highest BCUT2D eigenvalue weighted by molar-refractivity contribution is 9.10. The van der Waals surface area contributed by atoms with Gasteiger partial charge in [0.25, 0.3) is 0 Å². The number of phenolic OH excluding ortho intramolecular Hbond substituents is 1. The molecule has 0 saturated carbocycles. The number of hydrogen-bond acceptors (Lipinski definition) is 2. The summed E-state index contributed by atoms with van der Waals surface area (Å²) in [5, 5.41) is 12.7. The van der Waals surface area contributed by atoms with Crippen molar-refractivity contribution in [1.82, 2.24) is 0 Å². The highest BCUT2D eigenvalue weighted by Crippen LogP contribution is 2.43. The zero-order valence-corrected chi connectivity index (χ0v) is 15.0.